The van der Waals surface area contributed by atoms with Crippen LogP contribution in [0.25, 0.3) is 10.2 Å². The summed E-state index contributed by atoms with van der Waals surface area (Å²) in [7, 11) is 0. The van der Waals surface area contributed by atoms with Crippen molar-refractivity contribution in [2.75, 3.05) is 6.54 Å². The molecule has 0 saturated carbocycles. The number of hydrogen-bond acceptors (Lipinski definition) is 4. The molecule has 146 valence electrons. The van der Waals surface area contributed by atoms with Gasteiger partial charge in [-0.3, -0.25) is 14.2 Å². The lowest BCUT2D eigenvalue weighted by Gasteiger charge is -2.30. The zero-order valence-electron chi connectivity index (χ0n) is 16.4. The molecule has 1 aromatic carbocycles. The predicted molar refractivity (Wildman–Crippen MR) is 113 cm³/mol. The van der Waals surface area contributed by atoms with Crippen molar-refractivity contribution in [3.8, 4) is 0 Å². The Balaban J connectivity index is 1.64. The Hall–Kier alpha value is -2.47. The molecule has 0 radical (unpaired) electrons. The quantitative estimate of drug-likeness (QED) is 0.657. The molecule has 1 aliphatic heterocycles. The van der Waals surface area contributed by atoms with Crippen LogP contribution in [0.2, 0.25) is 0 Å². The Bertz CT molecular complexity index is 1050. The smallest absolute Gasteiger partial charge is 0.262 e. The van der Waals surface area contributed by atoms with E-state index < -0.39 is 0 Å². The van der Waals surface area contributed by atoms with Crippen molar-refractivity contribution < 1.29 is 4.79 Å². The van der Waals surface area contributed by atoms with E-state index >= 15 is 0 Å². The lowest BCUT2D eigenvalue weighted by molar-refractivity contribution is -0.133. The molecule has 1 aliphatic rings. The van der Waals surface area contributed by atoms with E-state index in [1.807, 2.05) is 35.2 Å². The molecule has 6 heteroatoms. The molecule has 5 nitrogen and oxygen atoms in total. The maximum absolute atomic E-state index is 13.2. The fourth-order valence-electron chi connectivity index (χ4n) is 4.07. The molecule has 3 heterocycles. The monoisotopic (exact) mass is 395 g/mol. The summed E-state index contributed by atoms with van der Waals surface area (Å²) in [6.45, 7) is 6.03. The SMILES string of the molecule is CCCn1cnc2sc3c(c2c1=O)CCN(C(=O)[C@@H](CC)c1ccccc1)C3. The Morgan fingerprint density at radius 3 is 2.75 bits per heavy atom. The van der Waals surface area contributed by atoms with Gasteiger partial charge in [0.15, 0.2) is 0 Å². The number of benzene rings is 1. The number of amides is 1. The molecular weight excluding hydrogens is 370 g/mol. The van der Waals surface area contributed by atoms with E-state index in [2.05, 4.69) is 18.8 Å². The minimum absolute atomic E-state index is 0.0554. The average molecular weight is 396 g/mol. The highest BCUT2D eigenvalue weighted by Crippen LogP contribution is 2.34. The van der Waals surface area contributed by atoms with E-state index in [0.717, 1.165) is 45.5 Å². The summed E-state index contributed by atoms with van der Waals surface area (Å²) in [5.74, 6) is 0.0604. The second kappa shape index (κ2) is 7.87. The molecule has 0 bridgehead atoms. The van der Waals surface area contributed by atoms with Crippen molar-refractivity contribution in [3.63, 3.8) is 0 Å². The number of aromatic nitrogens is 2. The lowest BCUT2D eigenvalue weighted by atomic mass is 9.94. The second-order valence-corrected chi connectivity index (χ2v) is 8.39. The van der Waals surface area contributed by atoms with Gasteiger partial charge in [0.25, 0.3) is 5.56 Å². The number of rotatable bonds is 5. The summed E-state index contributed by atoms with van der Waals surface area (Å²) >= 11 is 1.56. The number of nitrogens with zero attached hydrogens (tertiary/aromatic N) is 3. The maximum atomic E-state index is 13.2. The Morgan fingerprint density at radius 2 is 2.04 bits per heavy atom. The van der Waals surface area contributed by atoms with Crippen molar-refractivity contribution in [3.05, 3.63) is 63.0 Å². The minimum Gasteiger partial charge on any atom is -0.337 e. The summed E-state index contributed by atoms with van der Waals surface area (Å²) < 4.78 is 1.70. The summed E-state index contributed by atoms with van der Waals surface area (Å²) in [5.41, 5.74) is 2.22. The van der Waals surface area contributed by atoms with Gasteiger partial charge in [-0.2, -0.15) is 0 Å². The molecule has 28 heavy (non-hydrogen) atoms. The number of aryl methyl sites for hydroxylation is 1. The zero-order valence-corrected chi connectivity index (χ0v) is 17.2. The van der Waals surface area contributed by atoms with Crippen LogP contribution < -0.4 is 5.56 Å². The largest absolute Gasteiger partial charge is 0.337 e. The van der Waals surface area contributed by atoms with Crippen molar-refractivity contribution in [2.45, 2.75) is 52.1 Å². The standard InChI is InChI=1S/C22H25N3O2S/c1-3-11-25-14-23-20-19(22(25)27)17-10-12-24(13-18(17)28-20)21(26)16(4-2)15-8-6-5-7-9-15/h5-9,14,16H,3-4,10-13H2,1-2H3/t16-/m0/s1. The van der Waals surface area contributed by atoms with Crippen LogP contribution in [0, 0.1) is 0 Å². The highest BCUT2D eigenvalue weighted by atomic mass is 32.1. The predicted octanol–water partition coefficient (Wildman–Crippen LogP) is 3.95. The van der Waals surface area contributed by atoms with Crippen molar-refractivity contribution in [1.82, 2.24) is 14.5 Å². The normalized spacial score (nSPS) is 14.9. The first-order valence-corrected chi connectivity index (χ1v) is 10.8. The maximum Gasteiger partial charge on any atom is 0.262 e. The molecule has 0 unspecified atom stereocenters. The fraction of sp³-hybridized carbons (Fsp3) is 0.409. The Kier molecular flexibility index (Phi) is 5.31. The van der Waals surface area contributed by atoms with Gasteiger partial charge in [-0.15, -0.1) is 11.3 Å². The molecule has 2 aromatic heterocycles. The molecule has 4 rings (SSSR count). The molecule has 1 amide bonds. The van der Waals surface area contributed by atoms with Gasteiger partial charge in [-0.1, -0.05) is 44.2 Å². The van der Waals surface area contributed by atoms with Crippen LogP contribution in [0.5, 0.6) is 0 Å². The molecule has 0 aliphatic carbocycles. The van der Waals surface area contributed by atoms with Crippen LogP contribution in [0.3, 0.4) is 0 Å². The lowest BCUT2D eigenvalue weighted by Crippen LogP contribution is -2.38. The van der Waals surface area contributed by atoms with Crippen LogP contribution in [0.1, 0.15) is 48.6 Å². The third kappa shape index (κ3) is 3.26. The van der Waals surface area contributed by atoms with Gasteiger partial charge in [0, 0.05) is 18.0 Å². The van der Waals surface area contributed by atoms with Crippen LogP contribution >= 0.6 is 11.3 Å². The number of carbonyl (C=O) groups excluding carboxylic acids is 1. The van der Waals surface area contributed by atoms with Crippen LogP contribution in [-0.2, 0) is 24.3 Å². The van der Waals surface area contributed by atoms with E-state index in [9.17, 15) is 9.59 Å². The van der Waals surface area contributed by atoms with E-state index in [4.69, 9.17) is 0 Å². The van der Waals surface area contributed by atoms with Crippen molar-refractivity contribution in [2.24, 2.45) is 0 Å². The number of thiophene rings is 1. The van der Waals surface area contributed by atoms with Gasteiger partial charge in [-0.25, -0.2) is 4.98 Å². The van der Waals surface area contributed by atoms with E-state index in [-0.39, 0.29) is 17.4 Å². The van der Waals surface area contributed by atoms with Gasteiger partial charge >= 0.3 is 0 Å². The molecule has 0 fully saturated rings. The molecular formula is C22H25N3O2S. The second-order valence-electron chi connectivity index (χ2n) is 7.31. The van der Waals surface area contributed by atoms with E-state index in [1.54, 1.807) is 22.2 Å². The van der Waals surface area contributed by atoms with E-state index in [0.29, 0.717) is 19.6 Å². The zero-order chi connectivity index (χ0) is 19.7. The third-order valence-electron chi connectivity index (χ3n) is 5.51. The van der Waals surface area contributed by atoms with E-state index in [1.165, 1.54) is 0 Å². The molecule has 3 aromatic rings. The summed E-state index contributed by atoms with van der Waals surface area (Å²) in [5, 5.41) is 0.762. The third-order valence-corrected chi connectivity index (χ3v) is 6.64. The summed E-state index contributed by atoms with van der Waals surface area (Å²) in [6, 6.07) is 10.0. The molecule has 0 spiro atoms. The number of carbonyl (C=O) groups is 1. The minimum atomic E-state index is -0.114. The number of fused-ring (bicyclic) bond motifs is 3. The first-order valence-electron chi connectivity index (χ1n) is 9.97. The highest BCUT2D eigenvalue weighted by Gasteiger charge is 2.30. The van der Waals surface area contributed by atoms with Gasteiger partial charge in [0.2, 0.25) is 5.91 Å². The first kappa shape index (κ1) is 18.9. The van der Waals surface area contributed by atoms with Crippen LogP contribution in [-0.4, -0.2) is 26.9 Å². The van der Waals surface area contributed by atoms with Gasteiger partial charge in [-0.05, 0) is 30.4 Å². The Labute approximate surface area is 168 Å². The summed E-state index contributed by atoms with van der Waals surface area (Å²) in [6.07, 6.45) is 4.06. The fourth-order valence-corrected chi connectivity index (χ4v) is 5.26. The van der Waals surface area contributed by atoms with Crippen molar-refractivity contribution in [1.29, 1.82) is 0 Å². The summed E-state index contributed by atoms with van der Waals surface area (Å²) in [4.78, 5) is 34.4. The molecule has 0 saturated heterocycles. The van der Waals surface area contributed by atoms with Gasteiger partial charge < -0.3 is 4.90 Å². The molecule has 0 N–H and O–H groups in total. The van der Waals surface area contributed by atoms with Gasteiger partial charge in [0.1, 0.15) is 4.83 Å². The Morgan fingerprint density at radius 1 is 1.25 bits per heavy atom. The average Bonchev–Trinajstić information content (AvgIpc) is 3.10. The van der Waals surface area contributed by atoms with Crippen molar-refractivity contribution >= 4 is 27.5 Å². The highest BCUT2D eigenvalue weighted by molar-refractivity contribution is 7.18. The topological polar surface area (TPSA) is 55.2 Å². The van der Waals surface area contributed by atoms with Crippen LogP contribution in [0.4, 0.5) is 0 Å². The van der Waals surface area contributed by atoms with Crippen LogP contribution in [0.15, 0.2) is 41.5 Å². The molecule has 1 atom stereocenters. The van der Waals surface area contributed by atoms with Gasteiger partial charge in [0.05, 0.1) is 24.2 Å². The first-order chi connectivity index (χ1) is 13.6. The number of hydrogen-bond donors (Lipinski definition) is 0.